The Morgan fingerprint density at radius 2 is 2.40 bits per heavy atom. The fraction of sp³-hybridized carbons (Fsp3) is 1.00. The molecule has 1 heterocycles. The van der Waals surface area contributed by atoms with Gasteiger partial charge < -0.3 is 20.1 Å². The highest BCUT2D eigenvalue weighted by molar-refractivity contribution is 4.81. The molecule has 1 saturated heterocycles. The van der Waals surface area contributed by atoms with Gasteiger partial charge in [-0.25, -0.2) is 0 Å². The summed E-state index contributed by atoms with van der Waals surface area (Å²) in [6.45, 7) is 4.36. The molecule has 2 N–H and O–H groups in total. The lowest BCUT2D eigenvalue weighted by Gasteiger charge is -2.30. The van der Waals surface area contributed by atoms with Crippen molar-refractivity contribution < 1.29 is 9.47 Å². The normalized spacial score (nSPS) is 23.6. The monoisotopic (exact) mass is 216 g/mol. The first-order chi connectivity index (χ1) is 7.29. The van der Waals surface area contributed by atoms with Crippen molar-refractivity contribution in [1.82, 2.24) is 4.90 Å². The third kappa shape index (κ3) is 4.07. The zero-order chi connectivity index (χ0) is 11.1. The van der Waals surface area contributed by atoms with Crippen LogP contribution in [0.25, 0.3) is 0 Å². The first-order valence-electron chi connectivity index (χ1n) is 5.76. The molecule has 1 aliphatic rings. The quantitative estimate of drug-likeness (QED) is 0.623. The molecule has 0 radical (unpaired) electrons. The molecule has 0 aromatic heterocycles. The molecule has 4 heteroatoms. The van der Waals surface area contributed by atoms with Gasteiger partial charge in [0.25, 0.3) is 0 Å². The maximum Gasteiger partial charge on any atom is 0.0510 e. The van der Waals surface area contributed by atoms with Crippen LogP contribution in [0.3, 0.4) is 0 Å². The molecule has 0 aliphatic carbocycles. The van der Waals surface area contributed by atoms with E-state index in [1.54, 1.807) is 7.11 Å². The van der Waals surface area contributed by atoms with E-state index in [9.17, 15) is 0 Å². The van der Waals surface area contributed by atoms with Gasteiger partial charge in [0.1, 0.15) is 0 Å². The van der Waals surface area contributed by atoms with Gasteiger partial charge in [-0.3, -0.25) is 0 Å². The van der Waals surface area contributed by atoms with E-state index >= 15 is 0 Å². The van der Waals surface area contributed by atoms with Crippen LogP contribution in [0.2, 0.25) is 0 Å². The molecule has 0 spiro atoms. The summed E-state index contributed by atoms with van der Waals surface area (Å²) in [5.41, 5.74) is 5.83. The minimum atomic E-state index is 0.462. The Kier molecular flexibility index (Phi) is 6.17. The molecule has 0 aromatic rings. The molecular formula is C11H24N2O2. The number of methoxy groups -OCH3 is 1. The molecule has 1 rings (SSSR count). The third-order valence-corrected chi connectivity index (χ3v) is 3.18. The first kappa shape index (κ1) is 12.9. The van der Waals surface area contributed by atoms with Crippen LogP contribution in [-0.2, 0) is 9.47 Å². The van der Waals surface area contributed by atoms with Crippen molar-refractivity contribution >= 4 is 0 Å². The van der Waals surface area contributed by atoms with E-state index in [4.69, 9.17) is 15.2 Å². The summed E-state index contributed by atoms with van der Waals surface area (Å²) in [4.78, 5) is 2.35. The van der Waals surface area contributed by atoms with E-state index in [0.29, 0.717) is 12.0 Å². The maximum absolute atomic E-state index is 5.83. The average molecular weight is 216 g/mol. The molecule has 0 aromatic carbocycles. The van der Waals surface area contributed by atoms with E-state index < -0.39 is 0 Å². The van der Waals surface area contributed by atoms with Gasteiger partial charge >= 0.3 is 0 Å². The minimum Gasteiger partial charge on any atom is -0.385 e. The zero-order valence-electron chi connectivity index (χ0n) is 9.95. The molecule has 0 amide bonds. The standard InChI is InChI=1S/C11H24N2O2/c1-13(5-3-6-14-2)11(8-12)10-4-7-15-9-10/h10-11H,3-9,12H2,1-2H3. The second kappa shape index (κ2) is 7.17. The van der Waals surface area contributed by atoms with Gasteiger partial charge in [-0.15, -0.1) is 0 Å². The molecule has 90 valence electrons. The van der Waals surface area contributed by atoms with Crippen molar-refractivity contribution in [2.75, 3.05) is 47.1 Å². The van der Waals surface area contributed by atoms with Crippen LogP contribution < -0.4 is 5.73 Å². The Bertz CT molecular complexity index is 161. The van der Waals surface area contributed by atoms with Crippen LogP contribution in [-0.4, -0.2) is 58.0 Å². The second-order valence-corrected chi connectivity index (χ2v) is 4.25. The SMILES string of the molecule is COCCCN(C)C(CN)C1CCOC1. The van der Waals surface area contributed by atoms with E-state index in [2.05, 4.69) is 11.9 Å². The zero-order valence-corrected chi connectivity index (χ0v) is 9.95. The highest BCUT2D eigenvalue weighted by Gasteiger charge is 2.27. The summed E-state index contributed by atoms with van der Waals surface area (Å²) in [5.74, 6) is 0.613. The fourth-order valence-electron chi connectivity index (χ4n) is 2.21. The Labute approximate surface area is 92.7 Å². The Balaban J connectivity index is 2.28. The summed E-state index contributed by atoms with van der Waals surface area (Å²) in [6, 6.07) is 0.462. The molecular weight excluding hydrogens is 192 g/mol. The van der Waals surface area contributed by atoms with Crippen molar-refractivity contribution in [3.8, 4) is 0 Å². The topological polar surface area (TPSA) is 47.7 Å². The smallest absolute Gasteiger partial charge is 0.0510 e. The highest BCUT2D eigenvalue weighted by atomic mass is 16.5. The van der Waals surface area contributed by atoms with Gasteiger partial charge in [0, 0.05) is 45.4 Å². The van der Waals surface area contributed by atoms with Crippen LogP contribution in [0.4, 0.5) is 0 Å². The summed E-state index contributed by atoms with van der Waals surface area (Å²) in [7, 11) is 3.89. The van der Waals surface area contributed by atoms with Gasteiger partial charge in [-0.05, 0) is 19.9 Å². The molecule has 4 nitrogen and oxygen atoms in total. The second-order valence-electron chi connectivity index (χ2n) is 4.25. The van der Waals surface area contributed by atoms with Crippen molar-refractivity contribution in [3.05, 3.63) is 0 Å². The molecule has 0 saturated carbocycles. The maximum atomic E-state index is 5.83. The predicted octanol–water partition coefficient (Wildman–Crippen LogP) is 0.319. The minimum absolute atomic E-state index is 0.462. The molecule has 1 fully saturated rings. The Morgan fingerprint density at radius 3 is 2.93 bits per heavy atom. The number of hydrogen-bond acceptors (Lipinski definition) is 4. The number of nitrogens with two attached hydrogens (primary N) is 1. The van der Waals surface area contributed by atoms with E-state index in [1.165, 1.54) is 0 Å². The summed E-state index contributed by atoms with van der Waals surface area (Å²) in [6.07, 6.45) is 2.22. The largest absolute Gasteiger partial charge is 0.385 e. The van der Waals surface area contributed by atoms with Gasteiger partial charge in [0.2, 0.25) is 0 Å². The fourth-order valence-corrected chi connectivity index (χ4v) is 2.21. The lowest BCUT2D eigenvalue weighted by atomic mass is 9.98. The van der Waals surface area contributed by atoms with Crippen molar-refractivity contribution in [2.45, 2.75) is 18.9 Å². The lowest BCUT2D eigenvalue weighted by molar-refractivity contribution is 0.126. The number of hydrogen-bond donors (Lipinski definition) is 1. The van der Waals surface area contributed by atoms with Crippen LogP contribution in [0.1, 0.15) is 12.8 Å². The molecule has 15 heavy (non-hydrogen) atoms. The number of nitrogens with zero attached hydrogens (tertiary/aromatic N) is 1. The Hall–Kier alpha value is -0.160. The van der Waals surface area contributed by atoms with E-state index in [-0.39, 0.29) is 0 Å². The lowest BCUT2D eigenvalue weighted by Crippen LogP contribution is -2.44. The molecule has 2 unspecified atom stereocenters. The molecule has 0 bridgehead atoms. The van der Waals surface area contributed by atoms with E-state index in [1.807, 2.05) is 0 Å². The van der Waals surface area contributed by atoms with Gasteiger partial charge in [-0.2, -0.15) is 0 Å². The van der Waals surface area contributed by atoms with Crippen LogP contribution in [0.5, 0.6) is 0 Å². The van der Waals surface area contributed by atoms with Crippen molar-refractivity contribution in [3.63, 3.8) is 0 Å². The van der Waals surface area contributed by atoms with Gasteiger partial charge in [0.05, 0.1) is 6.61 Å². The average Bonchev–Trinajstić information content (AvgIpc) is 2.73. The highest BCUT2D eigenvalue weighted by Crippen LogP contribution is 2.19. The summed E-state index contributed by atoms with van der Waals surface area (Å²) in [5, 5.41) is 0. The summed E-state index contributed by atoms with van der Waals surface area (Å²) >= 11 is 0. The van der Waals surface area contributed by atoms with Crippen LogP contribution in [0, 0.1) is 5.92 Å². The van der Waals surface area contributed by atoms with Crippen molar-refractivity contribution in [2.24, 2.45) is 11.7 Å². The number of ether oxygens (including phenoxy) is 2. The number of likely N-dealkylation sites (N-methyl/N-ethyl adjacent to an activating group) is 1. The van der Waals surface area contributed by atoms with Gasteiger partial charge in [0.15, 0.2) is 0 Å². The molecule has 1 aliphatic heterocycles. The van der Waals surface area contributed by atoms with Crippen molar-refractivity contribution in [1.29, 1.82) is 0 Å². The summed E-state index contributed by atoms with van der Waals surface area (Å²) < 4.78 is 10.5. The first-order valence-corrected chi connectivity index (χ1v) is 5.76. The van der Waals surface area contributed by atoms with E-state index in [0.717, 1.165) is 45.8 Å². The van der Waals surface area contributed by atoms with Crippen LogP contribution >= 0.6 is 0 Å². The number of rotatable bonds is 7. The predicted molar refractivity (Wildman–Crippen MR) is 60.9 cm³/mol. The Morgan fingerprint density at radius 1 is 1.60 bits per heavy atom. The third-order valence-electron chi connectivity index (χ3n) is 3.18. The van der Waals surface area contributed by atoms with Gasteiger partial charge in [-0.1, -0.05) is 0 Å². The molecule has 2 atom stereocenters. The van der Waals surface area contributed by atoms with Crippen LogP contribution in [0.15, 0.2) is 0 Å².